The van der Waals surface area contributed by atoms with Crippen LogP contribution in [0.3, 0.4) is 0 Å². The minimum absolute atomic E-state index is 0.160. The second kappa shape index (κ2) is 40.5. The number of rotatable bonds is 36. The van der Waals surface area contributed by atoms with Gasteiger partial charge in [-0.25, -0.2) is 4.79 Å². The van der Waals surface area contributed by atoms with E-state index < -0.39 is 12.0 Å². The molecule has 0 saturated heterocycles. The van der Waals surface area contributed by atoms with Crippen LogP contribution in [-0.2, 0) is 19.1 Å². The molecular formula is C47H76N2O5. The summed E-state index contributed by atoms with van der Waals surface area (Å²) >= 11 is 0. The number of nitrogens with two attached hydrogens (primary N) is 1. The third kappa shape index (κ3) is 36.6. The van der Waals surface area contributed by atoms with Crippen molar-refractivity contribution in [1.82, 2.24) is 5.32 Å². The molecule has 0 heterocycles. The maximum Gasteiger partial charge on any atom is 0.326 e. The number of allylic oxidation sites excluding steroid dienone is 14. The molecule has 7 nitrogen and oxygen atoms in total. The van der Waals surface area contributed by atoms with Crippen LogP contribution in [0.5, 0.6) is 0 Å². The number of aliphatic carboxylic acids is 1. The number of carbonyl (C=O) groups is 3. The summed E-state index contributed by atoms with van der Waals surface area (Å²) in [6.07, 6.45) is 55.1. The number of amides is 1. The molecule has 0 aromatic rings. The molecule has 2 atom stereocenters. The number of hydrogen-bond acceptors (Lipinski definition) is 5. The topological polar surface area (TPSA) is 119 Å². The van der Waals surface area contributed by atoms with E-state index in [1.165, 1.54) is 25.7 Å². The van der Waals surface area contributed by atoms with E-state index in [0.29, 0.717) is 38.6 Å². The lowest BCUT2D eigenvalue weighted by molar-refractivity contribution is -0.145. The molecular weight excluding hydrogens is 673 g/mol. The highest BCUT2D eigenvalue weighted by Gasteiger charge is 2.18. The van der Waals surface area contributed by atoms with Gasteiger partial charge in [0.25, 0.3) is 0 Å². The van der Waals surface area contributed by atoms with Crippen molar-refractivity contribution >= 4 is 17.8 Å². The predicted molar refractivity (Wildman–Crippen MR) is 229 cm³/mol. The zero-order chi connectivity index (χ0) is 39.6. The van der Waals surface area contributed by atoms with Crippen molar-refractivity contribution in [1.29, 1.82) is 0 Å². The van der Waals surface area contributed by atoms with Gasteiger partial charge in [0, 0.05) is 12.8 Å². The fourth-order valence-electron chi connectivity index (χ4n) is 5.49. The average molecular weight is 749 g/mol. The van der Waals surface area contributed by atoms with Crippen molar-refractivity contribution in [2.24, 2.45) is 5.73 Å². The molecule has 304 valence electrons. The molecule has 0 fully saturated rings. The van der Waals surface area contributed by atoms with E-state index in [2.05, 4.69) is 92.1 Å². The molecule has 0 aliphatic heterocycles. The minimum Gasteiger partial charge on any atom is -0.480 e. The third-order valence-corrected chi connectivity index (χ3v) is 8.61. The Morgan fingerprint density at radius 1 is 0.556 bits per heavy atom. The molecule has 7 heteroatoms. The van der Waals surface area contributed by atoms with Gasteiger partial charge < -0.3 is 20.9 Å². The molecule has 0 rings (SSSR count). The quantitative estimate of drug-likeness (QED) is 0.0333. The highest BCUT2D eigenvalue weighted by atomic mass is 16.5. The summed E-state index contributed by atoms with van der Waals surface area (Å²) < 4.78 is 5.79. The summed E-state index contributed by atoms with van der Waals surface area (Å²) in [7, 11) is 0. The van der Waals surface area contributed by atoms with Gasteiger partial charge in [-0.1, -0.05) is 137 Å². The van der Waals surface area contributed by atoms with E-state index in [0.717, 1.165) is 89.9 Å². The first-order valence-electron chi connectivity index (χ1n) is 21.1. The zero-order valence-corrected chi connectivity index (χ0v) is 34.0. The van der Waals surface area contributed by atoms with Crippen LogP contribution in [0.1, 0.15) is 162 Å². The van der Waals surface area contributed by atoms with Gasteiger partial charge in [0.1, 0.15) is 12.1 Å². The Morgan fingerprint density at radius 3 is 1.56 bits per heavy atom. The lowest BCUT2D eigenvalue weighted by Crippen LogP contribution is -2.40. The number of carboxylic acid groups (broad SMARTS) is 1. The maximum absolute atomic E-state index is 12.6. The molecule has 0 saturated carbocycles. The number of carboxylic acids is 1. The van der Waals surface area contributed by atoms with Crippen LogP contribution < -0.4 is 11.1 Å². The summed E-state index contributed by atoms with van der Waals surface area (Å²) in [5.74, 6) is -1.42. The highest BCUT2D eigenvalue weighted by molar-refractivity contribution is 5.83. The van der Waals surface area contributed by atoms with Gasteiger partial charge >= 0.3 is 11.9 Å². The average Bonchev–Trinajstić information content (AvgIpc) is 3.16. The summed E-state index contributed by atoms with van der Waals surface area (Å²) in [5.41, 5.74) is 5.46. The smallest absolute Gasteiger partial charge is 0.326 e. The van der Waals surface area contributed by atoms with Gasteiger partial charge in [-0.3, -0.25) is 9.59 Å². The molecule has 0 bridgehead atoms. The Hall–Kier alpha value is -3.71. The van der Waals surface area contributed by atoms with E-state index in [9.17, 15) is 19.5 Å². The Kier molecular flexibility index (Phi) is 37.7. The number of nitrogens with one attached hydrogen (secondary N) is 1. The lowest BCUT2D eigenvalue weighted by atomic mass is 10.1. The molecule has 0 aliphatic carbocycles. The molecule has 0 aromatic heterocycles. The Labute approximate surface area is 329 Å². The first kappa shape index (κ1) is 50.3. The molecule has 0 radical (unpaired) electrons. The molecule has 0 aliphatic rings. The molecule has 1 amide bonds. The van der Waals surface area contributed by atoms with Crippen LogP contribution in [0.15, 0.2) is 97.2 Å². The van der Waals surface area contributed by atoms with Crippen LogP contribution >= 0.6 is 0 Å². The summed E-state index contributed by atoms with van der Waals surface area (Å²) in [4.78, 5) is 36.1. The van der Waals surface area contributed by atoms with E-state index >= 15 is 0 Å². The Bertz CT molecular complexity index is 1160. The van der Waals surface area contributed by atoms with Crippen molar-refractivity contribution in [3.8, 4) is 0 Å². The number of carbonyl (C=O) groups excluding carboxylic acids is 2. The first-order chi connectivity index (χ1) is 26.4. The van der Waals surface area contributed by atoms with Crippen molar-refractivity contribution in [3.63, 3.8) is 0 Å². The molecule has 0 spiro atoms. The summed E-state index contributed by atoms with van der Waals surface area (Å²) in [6, 6.07) is -0.879. The monoisotopic (exact) mass is 749 g/mol. The van der Waals surface area contributed by atoms with Crippen LogP contribution in [0.4, 0.5) is 0 Å². The molecule has 54 heavy (non-hydrogen) atoms. The Morgan fingerprint density at radius 2 is 1.00 bits per heavy atom. The normalized spacial score (nSPS) is 13.7. The van der Waals surface area contributed by atoms with E-state index in [-0.39, 0.29) is 18.0 Å². The lowest BCUT2D eigenvalue weighted by Gasteiger charge is -2.13. The largest absolute Gasteiger partial charge is 0.480 e. The summed E-state index contributed by atoms with van der Waals surface area (Å²) in [5, 5.41) is 11.9. The SMILES string of the molecule is CC/C=C\C/C=C\C/C=C\C/C=C\C/C=C\CCCCCCCCCC(=O)OC(/C=C\C/C=C\CC)/C=C\CCCCCC(=O)NC(CCCN)C(=O)O. The highest BCUT2D eigenvalue weighted by Crippen LogP contribution is 2.12. The Balaban J connectivity index is 4.14. The van der Waals surface area contributed by atoms with Gasteiger partial charge in [0.05, 0.1) is 0 Å². The van der Waals surface area contributed by atoms with E-state index in [1.807, 2.05) is 24.3 Å². The number of hydrogen-bond donors (Lipinski definition) is 3. The second-order valence-corrected chi connectivity index (χ2v) is 13.6. The van der Waals surface area contributed by atoms with Crippen LogP contribution in [0.25, 0.3) is 0 Å². The number of esters is 1. The van der Waals surface area contributed by atoms with Crippen molar-refractivity contribution in [2.45, 2.75) is 174 Å². The van der Waals surface area contributed by atoms with Crippen molar-refractivity contribution < 1.29 is 24.2 Å². The van der Waals surface area contributed by atoms with Gasteiger partial charge in [0.15, 0.2) is 0 Å². The predicted octanol–water partition coefficient (Wildman–Crippen LogP) is 11.9. The van der Waals surface area contributed by atoms with Crippen LogP contribution in [0, 0.1) is 0 Å². The number of unbranched alkanes of at least 4 members (excludes halogenated alkanes) is 10. The van der Waals surface area contributed by atoms with Crippen molar-refractivity contribution in [2.75, 3.05) is 6.54 Å². The minimum atomic E-state index is -1.03. The molecule has 2 unspecified atom stereocenters. The van der Waals surface area contributed by atoms with Gasteiger partial charge in [-0.2, -0.15) is 0 Å². The van der Waals surface area contributed by atoms with E-state index in [1.54, 1.807) is 0 Å². The molecule has 0 aromatic carbocycles. The first-order valence-corrected chi connectivity index (χ1v) is 21.1. The number of ether oxygens (including phenoxy) is 1. The molecule has 4 N–H and O–H groups in total. The van der Waals surface area contributed by atoms with E-state index in [4.69, 9.17) is 10.5 Å². The standard InChI is InChI=1S/C47H76N2O5/c1-3-5-7-9-10-11-12-13-14-15-16-17-18-19-20-21-22-23-24-25-26-31-35-41-46(51)54-43(37-32-28-8-6-4-2)38-33-29-27-30-34-40-45(50)49-44(47(52)53)39-36-42-48/h5-8,10-11,13-14,16-17,19-20,32-33,37-38,43-44H,3-4,9,12,15,18,21-31,34-36,39-42,48H2,1-2H3,(H,49,50)(H,52,53)/b7-5-,8-6-,11-10-,14-13-,17-16-,20-19-,37-32-,38-33-. The third-order valence-electron chi connectivity index (χ3n) is 8.61. The van der Waals surface area contributed by atoms with Crippen molar-refractivity contribution in [3.05, 3.63) is 97.2 Å². The van der Waals surface area contributed by atoms with Crippen LogP contribution in [0.2, 0.25) is 0 Å². The van der Waals surface area contributed by atoms with Crippen LogP contribution in [-0.4, -0.2) is 41.6 Å². The summed E-state index contributed by atoms with van der Waals surface area (Å²) in [6.45, 7) is 4.66. The second-order valence-electron chi connectivity index (χ2n) is 13.6. The zero-order valence-electron chi connectivity index (χ0n) is 34.0. The fourth-order valence-corrected chi connectivity index (χ4v) is 5.49. The van der Waals surface area contributed by atoms with Gasteiger partial charge in [0.2, 0.25) is 5.91 Å². The fraction of sp³-hybridized carbons (Fsp3) is 0.596. The maximum atomic E-state index is 12.6. The van der Waals surface area contributed by atoms with Gasteiger partial charge in [-0.05, 0) is 115 Å². The van der Waals surface area contributed by atoms with Gasteiger partial charge in [-0.15, -0.1) is 0 Å².